The number of carbonyl (C=O) groups is 1. The first kappa shape index (κ1) is 20.4. The fraction of sp³-hybridized carbons (Fsp3) is 0.381. The predicted molar refractivity (Wildman–Crippen MR) is 108 cm³/mol. The molecule has 7 heteroatoms. The number of amides is 1. The first-order chi connectivity index (χ1) is 13.3. The van der Waals surface area contributed by atoms with E-state index in [0.717, 1.165) is 5.56 Å². The monoisotopic (exact) mass is 402 g/mol. The molecule has 6 nitrogen and oxygen atoms in total. The van der Waals surface area contributed by atoms with E-state index in [1.165, 1.54) is 9.87 Å². The van der Waals surface area contributed by atoms with Crippen molar-refractivity contribution in [2.75, 3.05) is 26.2 Å². The average Bonchev–Trinajstić information content (AvgIpc) is 2.71. The minimum Gasteiger partial charge on any atom is -0.481 e. The molecule has 1 amide bonds. The number of sulfonamides is 1. The molecule has 1 atom stereocenters. The highest BCUT2D eigenvalue weighted by Crippen LogP contribution is 2.20. The summed E-state index contributed by atoms with van der Waals surface area (Å²) < 4.78 is 32.6. The summed E-state index contributed by atoms with van der Waals surface area (Å²) in [6.07, 6.45) is -0.626. The number of ether oxygens (including phenoxy) is 1. The Morgan fingerprint density at radius 2 is 1.61 bits per heavy atom. The number of hydrogen-bond acceptors (Lipinski definition) is 4. The molecule has 0 bridgehead atoms. The van der Waals surface area contributed by atoms with Gasteiger partial charge in [0.15, 0.2) is 6.10 Å². The van der Waals surface area contributed by atoms with Crippen LogP contribution in [0.1, 0.15) is 18.1 Å². The van der Waals surface area contributed by atoms with Crippen LogP contribution < -0.4 is 4.74 Å². The third kappa shape index (κ3) is 4.36. The van der Waals surface area contributed by atoms with Crippen LogP contribution >= 0.6 is 0 Å². The van der Waals surface area contributed by atoms with Crippen LogP contribution in [0.3, 0.4) is 0 Å². The lowest BCUT2D eigenvalue weighted by molar-refractivity contribution is -0.139. The number of carbonyl (C=O) groups excluding carboxylic acids is 1. The first-order valence-corrected chi connectivity index (χ1v) is 10.8. The molecule has 1 heterocycles. The van der Waals surface area contributed by atoms with E-state index < -0.39 is 16.1 Å². The third-order valence-electron chi connectivity index (χ3n) is 5.07. The Hall–Kier alpha value is -2.38. The molecule has 0 aliphatic carbocycles. The van der Waals surface area contributed by atoms with Crippen molar-refractivity contribution >= 4 is 15.9 Å². The number of nitrogens with zero attached hydrogens (tertiary/aromatic N) is 2. The molecule has 0 aromatic heterocycles. The van der Waals surface area contributed by atoms with Crippen LogP contribution in [0, 0.1) is 13.8 Å². The maximum absolute atomic E-state index is 12.7. The van der Waals surface area contributed by atoms with Gasteiger partial charge in [-0.25, -0.2) is 8.42 Å². The smallest absolute Gasteiger partial charge is 0.263 e. The molecule has 1 aliphatic rings. The summed E-state index contributed by atoms with van der Waals surface area (Å²) in [5.41, 5.74) is 2.28. The first-order valence-electron chi connectivity index (χ1n) is 9.37. The van der Waals surface area contributed by atoms with Crippen LogP contribution in [0.25, 0.3) is 0 Å². The molecule has 2 aromatic carbocycles. The molecule has 28 heavy (non-hydrogen) atoms. The largest absolute Gasteiger partial charge is 0.481 e. The second-order valence-electron chi connectivity index (χ2n) is 7.05. The zero-order valence-electron chi connectivity index (χ0n) is 16.5. The molecular formula is C21H26N2O4S. The Kier molecular flexibility index (Phi) is 6.05. The van der Waals surface area contributed by atoms with Crippen molar-refractivity contribution in [3.8, 4) is 5.75 Å². The highest BCUT2D eigenvalue weighted by molar-refractivity contribution is 7.89. The molecule has 150 valence electrons. The number of hydrogen-bond donors (Lipinski definition) is 0. The molecule has 0 saturated carbocycles. The van der Waals surface area contributed by atoms with Gasteiger partial charge in [0.1, 0.15) is 5.75 Å². The number of piperazine rings is 1. The Bertz CT molecular complexity index is 936. The van der Waals surface area contributed by atoms with Crippen LogP contribution in [0.15, 0.2) is 53.4 Å². The average molecular weight is 403 g/mol. The van der Waals surface area contributed by atoms with Gasteiger partial charge in [0.05, 0.1) is 4.90 Å². The summed E-state index contributed by atoms with van der Waals surface area (Å²) in [5.74, 6) is 0.532. The van der Waals surface area contributed by atoms with Crippen molar-refractivity contribution in [3.05, 3.63) is 59.7 Å². The predicted octanol–water partition coefficient (Wildman–Crippen LogP) is 2.60. The van der Waals surface area contributed by atoms with E-state index in [1.807, 2.05) is 32.0 Å². The summed E-state index contributed by atoms with van der Waals surface area (Å²) in [6.45, 7) is 7.01. The quantitative estimate of drug-likeness (QED) is 0.771. The van der Waals surface area contributed by atoms with Crippen LogP contribution in [0.5, 0.6) is 5.75 Å². The minimum atomic E-state index is -3.52. The van der Waals surface area contributed by atoms with E-state index >= 15 is 0 Å². The van der Waals surface area contributed by atoms with Gasteiger partial charge in [-0.1, -0.05) is 24.3 Å². The molecule has 2 aromatic rings. The van der Waals surface area contributed by atoms with Crippen molar-refractivity contribution in [2.45, 2.75) is 31.8 Å². The molecule has 1 aliphatic heterocycles. The van der Waals surface area contributed by atoms with E-state index in [1.54, 1.807) is 42.2 Å². The van der Waals surface area contributed by atoms with Gasteiger partial charge in [-0.15, -0.1) is 0 Å². The van der Waals surface area contributed by atoms with Gasteiger partial charge < -0.3 is 9.64 Å². The van der Waals surface area contributed by atoms with E-state index in [4.69, 9.17) is 4.74 Å². The van der Waals surface area contributed by atoms with Gasteiger partial charge in [-0.2, -0.15) is 4.31 Å². The number of rotatable bonds is 5. The number of aryl methyl sites for hydroxylation is 2. The molecule has 0 N–H and O–H groups in total. The highest BCUT2D eigenvalue weighted by Gasteiger charge is 2.31. The van der Waals surface area contributed by atoms with Crippen LogP contribution in [-0.4, -0.2) is 55.8 Å². The topological polar surface area (TPSA) is 66.9 Å². The zero-order chi connectivity index (χ0) is 20.3. The van der Waals surface area contributed by atoms with Gasteiger partial charge in [0.2, 0.25) is 10.0 Å². The normalized spacial score (nSPS) is 16.6. The molecule has 0 spiro atoms. The maximum atomic E-state index is 12.7. The lowest BCUT2D eigenvalue weighted by Crippen LogP contribution is -2.53. The maximum Gasteiger partial charge on any atom is 0.263 e. The van der Waals surface area contributed by atoms with Crippen LogP contribution in [0.4, 0.5) is 0 Å². The fourth-order valence-electron chi connectivity index (χ4n) is 3.19. The second-order valence-corrected chi connectivity index (χ2v) is 8.99. The molecule has 1 fully saturated rings. The van der Waals surface area contributed by atoms with E-state index in [0.29, 0.717) is 18.8 Å². The second kappa shape index (κ2) is 8.32. The van der Waals surface area contributed by atoms with E-state index in [2.05, 4.69) is 0 Å². The molecule has 0 unspecified atom stereocenters. The Balaban J connectivity index is 1.59. The summed E-state index contributed by atoms with van der Waals surface area (Å²) >= 11 is 0. The molecule has 0 radical (unpaired) electrons. The summed E-state index contributed by atoms with van der Waals surface area (Å²) in [6, 6.07) is 14.1. The third-order valence-corrected chi connectivity index (χ3v) is 6.98. The standard InChI is InChI=1S/C21H26N2O4S/c1-16-9-10-19(15-17(16)2)27-18(3)21(24)22-11-13-23(14-12-22)28(25,26)20-7-5-4-6-8-20/h4-10,15,18H,11-14H2,1-3H3/t18-/m0/s1. The van der Waals surface area contributed by atoms with Gasteiger partial charge in [0.25, 0.3) is 5.91 Å². The summed E-state index contributed by atoms with van der Waals surface area (Å²) in [4.78, 5) is 14.7. The fourth-order valence-corrected chi connectivity index (χ4v) is 4.63. The Morgan fingerprint density at radius 1 is 0.964 bits per heavy atom. The van der Waals surface area contributed by atoms with E-state index in [-0.39, 0.29) is 23.9 Å². The van der Waals surface area contributed by atoms with Gasteiger partial charge >= 0.3 is 0 Å². The van der Waals surface area contributed by atoms with Crippen molar-refractivity contribution in [3.63, 3.8) is 0 Å². The van der Waals surface area contributed by atoms with E-state index in [9.17, 15) is 13.2 Å². The lowest BCUT2D eigenvalue weighted by atomic mass is 10.1. The molecular weight excluding hydrogens is 376 g/mol. The van der Waals surface area contributed by atoms with Crippen LogP contribution in [0.2, 0.25) is 0 Å². The van der Waals surface area contributed by atoms with Gasteiger partial charge in [0, 0.05) is 26.2 Å². The Morgan fingerprint density at radius 3 is 2.21 bits per heavy atom. The summed E-state index contributed by atoms with van der Waals surface area (Å²) in [5, 5.41) is 0. The minimum absolute atomic E-state index is 0.130. The summed E-state index contributed by atoms with van der Waals surface area (Å²) in [7, 11) is -3.52. The van der Waals surface area contributed by atoms with Crippen molar-refractivity contribution in [2.24, 2.45) is 0 Å². The lowest BCUT2D eigenvalue weighted by Gasteiger charge is -2.35. The van der Waals surface area contributed by atoms with Crippen molar-refractivity contribution in [1.82, 2.24) is 9.21 Å². The number of benzene rings is 2. The SMILES string of the molecule is Cc1ccc(O[C@@H](C)C(=O)N2CCN(S(=O)(=O)c3ccccc3)CC2)cc1C. The molecule has 3 rings (SSSR count). The van der Waals surface area contributed by atoms with Crippen molar-refractivity contribution in [1.29, 1.82) is 0 Å². The van der Waals surface area contributed by atoms with Crippen LogP contribution in [-0.2, 0) is 14.8 Å². The Labute approximate surface area is 166 Å². The van der Waals surface area contributed by atoms with Gasteiger partial charge in [-0.3, -0.25) is 4.79 Å². The highest BCUT2D eigenvalue weighted by atomic mass is 32.2. The zero-order valence-corrected chi connectivity index (χ0v) is 17.3. The molecule has 1 saturated heterocycles. The van der Waals surface area contributed by atoms with Crippen molar-refractivity contribution < 1.29 is 17.9 Å². The van der Waals surface area contributed by atoms with Gasteiger partial charge in [-0.05, 0) is 56.2 Å².